The molecule has 8 nitrogen and oxygen atoms in total. The minimum absolute atomic E-state index is 0.0378. The largest absolute Gasteiger partial charge is 0.387 e. The van der Waals surface area contributed by atoms with E-state index in [1.807, 2.05) is 0 Å². The molecule has 3 aromatic rings. The van der Waals surface area contributed by atoms with Crippen LogP contribution in [0.5, 0.6) is 0 Å². The summed E-state index contributed by atoms with van der Waals surface area (Å²) in [6, 6.07) is 3.11. The van der Waals surface area contributed by atoms with Crippen LogP contribution in [0.25, 0.3) is 17.0 Å². The number of aliphatic hydroxyl groups is 1. The number of rotatable bonds is 9. The first-order valence-corrected chi connectivity index (χ1v) is 10.1. The monoisotopic (exact) mass is 470 g/mol. The maximum Gasteiger partial charge on any atom is 0.255 e. The molecule has 0 fully saturated rings. The molecule has 0 aliphatic heterocycles. The number of nitrogens with zero attached hydrogens (tertiary/aromatic N) is 4. The van der Waals surface area contributed by atoms with Crippen LogP contribution in [-0.2, 0) is 0 Å². The van der Waals surface area contributed by atoms with E-state index in [2.05, 4.69) is 25.7 Å². The molecule has 0 aromatic carbocycles. The number of imidazole rings is 1. The van der Waals surface area contributed by atoms with Crippen molar-refractivity contribution in [2.24, 2.45) is 0 Å². The summed E-state index contributed by atoms with van der Waals surface area (Å²) in [5, 5.41) is 19.5. The predicted octanol–water partition coefficient (Wildman–Crippen LogP) is 3.35. The Morgan fingerprint density at radius 1 is 1.22 bits per heavy atom. The lowest BCUT2D eigenvalue weighted by Crippen LogP contribution is -2.42. The average molecular weight is 471 g/mol. The van der Waals surface area contributed by atoms with Gasteiger partial charge in [-0.3, -0.25) is 9.78 Å². The van der Waals surface area contributed by atoms with E-state index >= 15 is 0 Å². The van der Waals surface area contributed by atoms with Gasteiger partial charge < -0.3 is 15.7 Å². The van der Waals surface area contributed by atoms with Crippen LogP contribution in [0.2, 0.25) is 5.02 Å². The van der Waals surface area contributed by atoms with Crippen LogP contribution in [0.15, 0.2) is 30.7 Å². The number of alkyl halides is 3. The number of halogens is 4. The van der Waals surface area contributed by atoms with E-state index in [-0.39, 0.29) is 17.8 Å². The van der Waals surface area contributed by atoms with E-state index in [0.29, 0.717) is 22.1 Å². The van der Waals surface area contributed by atoms with Gasteiger partial charge in [-0.2, -0.15) is 5.10 Å². The maximum atomic E-state index is 14.0. The third-order valence-electron chi connectivity index (χ3n) is 4.63. The molecule has 0 spiro atoms. The van der Waals surface area contributed by atoms with Gasteiger partial charge in [0.2, 0.25) is 6.43 Å². The molecule has 0 bridgehead atoms. The normalized spacial score (nSPS) is 12.9. The third-order valence-corrected chi connectivity index (χ3v) is 4.83. The number of hydrogen-bond acceptors (Lipinski definition) is 6. The lowest BCUT2D eigenvalue weighted by molar-refractivity contribution is -0.00177. The fourth-order valence-corrected chi connectivity index (χ4v) is 2.94. The molecule has 3 rings (SSSR count). The van der Waals surface area contributed by atoms with Crippen molar-refractivity contribution in [2.45, 2.75) is 38.5 Å². The molecule has 32 heavy (non-hydrogen) atoms. The summed E-state index contributed by atoms with van der Waals surface area (Å²) >= 11 is 5.93. The lowest BCUT2D eigenvalue weighted by Gasteiger charge is -2.22. The van der Waals surface area contributed by atoms with Gasteiger partial charge in [0.1, 0.15) is 11.9 Å². The Bertz CT molecular complexity index is 1100. The molecule has 12 heteroatoms. The Kier molecular flexibility index (Phi) is 7.19. The SMILES string of the molecule is CC(C)(O)[C@H](F)CNC(=O)c1cnc(-c2cnc3cc(Cl)cnn23)cc1NCCC(F)F. The molecule has 0 aliphatic rings. The van der Waals surface area contributed by atoms with E-state index in [0.717, 1.165) is 0 Å². The first-order valence-electron chi connectivity index (χ1n) is 9.72. The second-order valence-electron chi connectivity index (χ2n) is 7.64. The number of anilines is 1. The Hall–Kier alpha value is -2.92. The molecular formula is C20H22ClF3N6O2. The summed E-state index contributed by atoms with van der Waals surface area (Å²) < 4.78 is 40.7. The van der Waals surface area contributed by atoms with Crippen molar-refractivity contribution in [2.75, 3.05) is 18.4 Å². The highest BCUT2D eigenvalue weighted by molar-refractivity contribution is 6.30. The van der Waals surface area contributed by atoms with Gasteiger partial charge in [0.15, 0.2) is 5.65 Å². The fourth-order valence-electron chi connectivity index (χ4n) is 2.79. The number of hydrogen-bond donors (Lipinski definition) is 3. The van der Waals surface area contributed by atoms with E-state index in [4.69, 9.17) is 11.6 Å². The lowest BCUT2D eigenvalue weighted by atomic mass is 10.0. The molecule has 3 heterocycles. The summed E-state index contributed by atoms with van der Waals surface area (Å²) in [4.78, 5) is 21.1. The van der Waals surface area contributed by atoms with Gasteiger partial charge in [0, 0.05) is 25.2 Å². The standard InChI is InChI=1S/C20H22ClF3N6O2/c1-20(2,32)16(22)10-28-19(31)12-8-26-14(6-13(12)25-4-3-17(23)24)15-9-27-18-5-11(21)7-29-30(15)18/h5-9,16-17,32H,3-4,10H2,1-2H3,(H,25,26)(H,28,31)/t16-/m1/s1. The molecule has 0 saturated carbocycles. The number of carbonyl (C=O) groups excluding carboxylic acids is 1. The molecule has 172 valence electrons. The Labute approximate surface area is 186 Å². The van der Waals surface area contributed by atoms with Gasteiger partial charge in [-0.25, -0.2) is 22.7 Å². The zero-order chi connectivity index (χ0) is 23.5. The number of pyridine rings is 1. The number of nitrogens with one attached hydrogen (secondary N) is 2. The molecule has 3 aromatic heterocycles. The van der Waals surface area contributed by atoms with Gasteiger partial charge in [0.05, 0.1) is 46.5 Å². The van der Waals surface area contributed by atoms with Crippen molar-refractivity contribution < 1.29 is 23.1 Å². The highest BCUT2D eigenvalue weighted by Crippen LogP contribution is 2.25. The van der Waals surface area contributed by atoms with Gasteiger partial charge in [-0.05, 0) is 19.9 Å². The van der Waals surface area contributed by atoms with Crippen LogP contribution in [0.4, 0.5) is 18.9 Å². The quantitative estimate of drug-likeness (QED) is 0.443. The summed E-state index contributed by atoms with van der Waals surface area (Å²) in [5.74, 6) is -0.668. The first-order chi connectivity index (χ1) is 15.1. The van der Waals surface area contributed by atoms with Gasteiger partial charge in [-0.1, -0.05) is 11.6 Å². The van der Waals surface area contributed by atoms with Crippen molar-refractivity contribution >= 4 is 28.8 Å². The van der Waals surface area contributed by atoms with E-state index in [1.165, 1.54) is 43.0 Å². The number of carbonyl (C=O) groups is 1. The van der Waals surface area contributed by atoms with E-state index in [9.17, 15) is 23.1 Å². The number of aromatic nitrogens is 4. The van der Waals surface area contributed by atoms with Crippen LogP contribution in [-0.4, -0.2) is 61.9 Å². The topological polar surface area (TPSA) is 104 Å². The Morgan fingerprint density at radius 2 is 1.97 bits per heavy atom. The Balaban J connectivity index is 1.90. The smallest absolute Gasteiger partial charge is 0.255 e. The molecule has 0 radical (unpaired) electrons. The molecule has 0 aliphatic carbocycles. The maximum absolute atomic E-state index is 14.0. The minimum atomic E-state index is -2.52. The van der Waals surface area contributed by atoms with Gasteiger partial charge >= 0.3 is 0 Å². The van der Waals surface area contributed by atoms with Crippen molar-refractivity contribution in [3.05, 3.63) is 41.3 Å². The molecule has 1 atom stereocenters. The number of amides is 1. The van der Waals surface area contributed by atoms with Crippen molar-refractivity contribution in [3.63, 3.8) is 0 Å². The summed E-state index contributed by atoms with van der Waals surface area (Å²) in [5.41, 5.74) is -0.0164. The fraction of sp³-hybridized carbons (Fsp3) is 0.400. The van der Waals surface area contributed by atoms with Crippen LogP contribution in [0, 0.1) is 0 Å². The van der Waals surface area contributed by atoms with Crippen LogP contribution in [0.1, 0.15) is 30.6 Å². The summed E-state index contributed by atoms with van der Waals surface area (Å²) in [7, 11) is 0. The van der Waals surface area contributed by atoms with E-state index < -0.39 is 37.1 Å². The highest BCUT2D eigenvalue weighted by Gasteiger charge is 2.27. The van der Waals surface area contributed by atoms with Crippen molar-refractivity contribution in [3.8, 4) is 11.4 Å². The van der Waals surface area contributed by atoms with Crippen LogP contribution < -0.4 is 10.6 Å². The molecular weight excluding hydrogens is 449 g/mol. The Morgan fingerprint density at radius 3 is 2.66 bits per heavy atom. The van der Waals surface area contributed by atoms with Crippen LogP contribution >= 0.6 is 11.6 Å². The second kappa shape index (κ2) is 9.70. The first kappa shape index (κ1) is 23.7. The molecule has 0 saturated heterocycles. The van der Waals surface area contributed by atoms with Gasteiger partial charge in [-0.15, -0.1) is 0 Å². The number of fused-ring (bicyclic) bond motifs is 1. The minimum Gasteiger partial charge on any atom is -0.387 e. The predicted molar refractivity (Wildman–Crippen MR) is 114 cm³/mol. The van der Waals surface area contributed by atoms with Crippen molar-refractivity contribution in [1.29, 1.82) is 0 Å². The van der Waals surface area contributed by atoms with Crippen LogP contribution in [0.3, 0.4) is 0 Å². The third kappa shape index (κ3) is 5.65. The molecule has 0 unspecified atom stereocenters. The summed E-state index contributed by atoms with van der Waals surface area (Å²) in [6.45, 7) is 2.04. The average Bonchev–Trinajstić information content (AvgIpc) is 3.13. The van der Waals surface area contributed by atoms with E-state index in [1.54, 1.807) is 6.07 Å². The highest BCUT2D eigenvalue weighted by atomic mass is 35.5. The second-order valence-corrected chi connectivity index (χ2v) is 8.08. The molecule has 3 N–H and O–H groups in total. The zero-order valence-electron chi connectivity index (χ0n) is 17.3. The van der Waals surface area contributed by atoms with Crippen molar-refractivity contribution in [1.82, 2.24) is 24.9 Å². The molecule has 1 amide bonds. The summed E-state index contributed by atoms with van der Waals surface area (Å²) in [6.07, 6.45) is -0.459. The van der Waals surface area contributed by atoms with Gasteiger partial charge in [0.25, 0.3) is 5.91 Å². The zero-order valence-corrected chi connectivity index (χ0v) is 18.1.